The third kappa shape index (κ3) is 4.84. The Labute approximate surface area is 202 Å². The van der Waals surface area contributed by atoms with Crippen molar-refractivity contribution < 1.29 is 14.7 Å². The molecule has 0 bridgehead atoms. The molecule has 0 unspecified atom stereocenters. The molecule has 5 N–H and O–H groups in total. The first-order valence-electron chi connectivity index (χ1n) is 11.3. The second kappa shape index (κ2) is 9.68. The van der Waals surface area contributed by atoms with Crippen LogP contribution in [0.25, 0.3) is 0 Å². The number of phenols is 1. The van der Waals surface area contributed by atoms with Crippen molar-refractivity contribution in [3.8, 4) is 5.75 Å². The third-order valence-corrected chi connectivity index (χ3v) is 5.71. The van der Waals surface area contributed by atoms with E-state index >= 15 is 0 Å². The van der Waals surface area contributed by atoms with Crippen molar-refractivity contribution in [3.05, 3.63) is 89.0 Å². The predicted molar refractivity (Wildman–Crippen MR) is 136 cm³/mol. The van der Waals surface area contributed by atoms with Crippen molar-refractivity contribution in [2.75, 3.05) is 36.8 Å². The van der Waals surface area contributed by atoms with Crippen LogP contribution in [0.1, 0.15) is 31.8 Å². The predicted octanol–water partition coefficient (Wildman–Crippen LogP) is 2.60. The minimum absolute atomic E-state index is 0.00392. The monoisotopic (exact) mass is 468 g/mol. The molecule has 2 aliphatic heterocycles. The first-order valence-corrected chi connectivity index (χ1v) is 11.3. The van der Waals surface area contributed by atoms with E-state index in [-0.39, 0.29) is 16.9 Å². The van der Waals surface area contributed by atoms with E-state index in [0.29, 0.717) is 11.4 Å². The molecule has 3 aromatic carbocycles. The molecule has 0 aromatic heterocycles. The summed E-state index contributed by atoms with van der Waals surface area (Å²) in [7, 11) is 0. The van der Waals surface area contributed by atoms with E-state index in [9.17, 15) is 14.7 Å². The molecule has 5 rings (SSSR count). The van der Waals surface area contributed by atoms with Crippen LogP contribution in [0.2, 0.25) is 0 Å². The summed E-state index contributed by atoms with van der Waals surface area (Å²) < 4.78 is 0. The van der Waals surface area contributed by atoms with Crippen LogP contribution in [0.5, 0.6) is 5.75 Å². The first kappa shape index (κ1) is 22.1. The molecule has 2 amide bonds. The highest BCUT2D eigenvalue weighted by Gasteiger charge is 2.19. The van der Waals surface area contributed by atoms with Gasteiger partial charge in [0.15, 0.2) is 0 Å². The highest BCUT2D eigenvalue weighted by Crippen LogP contribution is 2.25. The number of hydrogen-bond donors (Lipinski definition) is 5. The van der Waals surface area contributed by atoms with Gasteiger partial charge in [0.1, 0.15) is 17.4 Å². The summed E-state index contributed by atoms with van der Waals surface area (Å²) in [4.78, 5) is 34.4. The number of hydrogen-bond acceptors (Lipinski definition) is 7. The van der Waals surface area contributed by atoms with Gasteiger partial charge in [-0.3, -0.25) is 19.6 Å². The van der Waals surface area contributed by atoms with Crippen LogP contribution in [-0.2, 0) is 0 Å². The van der Waals surface area contributed by atoms with Crippen LogP contribution < -0.4 is 21.3 Å². The number of benzene rings is 3. The molecule has 176 valence electrons. The van der Waals surface area contributed by atoms with E-state index in [1.54, 1.807) is 30.3 Å². The summed E-state index contributed by atoms with van der Waals surface area (Å²) in [5, 5.41) is 22.6. The van der Waals surface area contributed by atoms with E-state index in [1.165, 1.54) is 12.1 Å². The molecule has 9 nitrogen and oxygen atoms in total. The molecule has 0 atom stereocenters. The largest absolute Gasteiger partial charge is 0.506 e. The van der Waals surface area contributed by atoms with Crippen molar-refractivity contribution >= 4 is 34.9 Å². The maximum atomic E-state index is 12.8. The lowest BCUT2D eigenvalue weighted by Gasteiger charge is -2.12. The zero-order valence-electron chi connectivity index (χ0n) is 18.8. The van der Waals surface area contributed by atoms with Gasteiger partial charge in [-0.1, -0.05) is 6.07 Å². The van der Waals surface area contributed by atoms with Gasteiger partial charge in [-0.15, -0.1) is 0 Å². The van der Waals surface area contributed by atoms with Crippen molar-refractivity contribution in [3.63, 3.8) is 0 Å². The van der Waals surface area contributed by atoms with Gasteiger partial charge in [0.25, 0.3) is 11.8 Å². The summed E-state index contributed by atoms with van der Waals surface area (Å²) in [6.07, 6.45) is 0. The van der Waals surface area contributed by atoms with Crippen LogP contribution in [0, 0.1) is 0 Å². The number of para-hydroxylation sites is 1. The quantitative estimate of drug-likeness (QED) is 0.380. The second-order valence-electron chi connectivity index (χ2n) is 8.08. The van der Waals surface area contributed by atoms with Gasteiger partial charge >= 0.3 is 0 Å². The van der Waals surface area contributed by atoms with Crippen molar-refractivity contribution in [1.82, 2.24) is 10.6 Å². The Morgan fingerprint density at radius 2 is 1.11 bits per heavy atom. The fourth-order valence-corrected chi connectivity index (χ4v) is 3.91. The number of carbonyl (C=O) groups is 2. The third-order valence-electron chi connectivity index (χ3n) is 5.71. The fraction of sp³-hybridized carbons (Fsp3) is 0.154. The molecule has 3 aromatic rings. The van der Waals surface area contributed by atoms with Gasteiger partial charge in [0.05, 0.1) is 24.2 Å². The molecule has 0 saturated carbocycles. The summed E-state index contributed by atoms with van der Waals surface area (Å²) in [6.45, 7) is 3.12. The molecule has 0 spiro atoms. The van der Waals surface area contributed by atoms with Crippen molar-refractivity contribution in [2.24, 2.45) is 9.98 Å². The minimum Gasteiger partial charge on any atom is -0.506 e. The van der Waals surface area contributed by atoms with Gasteiger partial charge in [-0.2, -0.15) is 0 Å². The first-order chi connectivity index (χ1) is 17.1. The number of amides is 2. The number of nitrogens with one attached hydrogen (secondary N) is 4. The molecule has 0 saturated heterocycles. The summed E-state index contributed by atoms with van der Waals surface area (Å²) in [5.74, 6) is 0.242. The topological polar surface area (TPSA) is 127 Å². The number of aliphatic imine (C=N–C) groups is 2. The minimum atomic E-state index is -0.518. The lowest BCUT2D eigenvalue weighted by molar-refractivity contribution is 0.102. The Morgan fingerprint density at radius 3 is 1.49 bits per heavy atom. The Balaban J connectivity index is 1.27. The zero-order valence-corrected chi connectivity index (χ0v) is 18.8. The van der Waals surface area contributed by atoms with Gasteiger partial charge in [-0.05, 0) is 60.7 Å². The Kier molecular flexibility index (Phi) is 6.13. The van der Waals surface area contributed by atoms with E-state index < -0.39 is 11.8 Å². The standard InChI is InChI=1S/C26H24N6O3/c33-22-20(25(34)31-18-8-4-16(5-9-18)23-27-12-13-28-23)2-1-3-21(22)26(35)32-19-10-6-17(7-11-19)24-29-14-15-30-24/h1-11,33H,12-15H2,(H,27,28)(H,29,30)(H,31,34)(H,32,35). The maximum Gasteiger partial charge on any atom is 0.259 e. The molecule has 9 heteroatoms. The maximum absolute atomic E-state index is 12.8. The molecular formula is C26H24N6O3. The van der Waals surface area contributed by atoms with Crippen LogP contribution in [0.15, 0.2) is 76.7 Å². The molecule has 0 aliphatic carbocycles. The Hall–Kier alpha value is -4.66. The normalized spacial score (nSPS) is 14.4. The van der Waals surface area contributed by atoms with Crippen LogP contribution in [0.4, 0.5) is 11.4 Å². The molecular weight excluding hydrogens is 444 g/mol. The lowest BCUT2D eigenvalue weighted by atomic mass is 10.1. The molecule has 0 fully saturated rings. The number of nitrogens with zero attached hydrogens (tertiary/aromatic N) is 2. The van der Waals surface area contributed by atoms with Crippen LogP contribution >= 0.6 is 0 Å². The molecule has 0 radical (unpaired) electrons. The van der Waals surface area contributed by atoms with E-state index in [4.69, 9.17) is 0 Å². The summed E-state index contributed by atoms with van der Waals surface area (Å²) in [5.41, 5.74) is 3.00. The van der Waals surface area contributed by atoms with E-state index in [2.05, 4.69) is 31.3 Å². The van der Waals surface area contributed by atoms with Gasteiger partial charge in [0, 0.05) is 35.6 Å². The van der Waals surface area contributed by atoms with Gasteiger partial charge in [0.2, 0.25) is 0 Å². The number of amidine groups is 2. The van der Waals surface area contributed by atoms with Gasteiger partial charge < -0.3 is 26.4 Å². The van der Waals surface area contributed by atoms with Crippen molar-refractivity contribution in [1.29, 1.82) is 0 Å². The highest BCUT2D eigenvalue weighted by atomic mass is 16.3. The average molecular weight is 469 g/mol. The molecule has 2 heterocycles. The SMILES string of the molecule is O=C(Nc1ccc(C2=NCCN2)cc1)c1cccc(C(=O)Nc2ccc(C3=NCCN3)cc2)c1O. The van der Waals surface area contributed by atoms with Crippen LogP contribution in [0.3, 0.4) is 0 Å². The molecule has 2 aliphatic rings. The van der Waals surface area contributed by atoms with E-state index in [0.717, 1.165) is 49.0 Å². The summed E-state index contributed by atoms with van der Waals surface area (Å²) >= 11 is 0. The van der Waals surface area contributed by atoms with Gasteiger partial charge in [-0.25, -0.2) is 0 Å². The number of carbonyl (C=O) groups excluding carboxylic acids is 2. The number of phenolic OH excluding ortho intramolecular Hbond substituents is 1. The van der Waals surface area contributed by atoms with Crippen molar-refractivity contribution in [2.45, 2.75) is 0 Å². The Morgan fingerprint density at radius 1 is 0.686 bits per heavy atom. The number of anilines is 2. The van der Waals surface area contributed by atoms with Crippen LogP contribution in [-0.4, -0.2) is 54.8 Å². The summed E-state index contributed by atoms with van der Waals surface area (Å²) in [6, 6.07) is 19.0. The second-order valence-corrected chi connectivity index (χ2v) is 8.08. The number of rotatable bonds is 6. The molecule has 35 heavy (non-hydrogen) atoms. The number of aromatic hydroxyl groups is 1. The average Bonchev–Trinajstić information content (AvgIpc) is 3.60. The Bertz CT molecular complexity index is 1230. The van der Waals surface area contributed by atoms with E-state index in [1.807, 2.05) is 24.3 Å². The lowest BCUT2D eigenvalue weighted by Crippen LogP contribution is -2.19. The zero-order chi connectivity index (χ0) is 24.2. The smallest absolute Gasteiger partial charge is 0.259 e. The highest BCUT2D eigenvalue weighted by molar-refractivity contribution is 6.12. The fourth-order valence-electron chi connectivity index (χ4n) is 3.91.